The molecule has 0 bridgehead atoms. The molecule has 2 aliphatic heterocycles. The van der Waals surface area contributed by atoms with Crippen molar-refractivity contribution in [1.29, 1.82) is 0 Å². The quantitative estimate of drug-likeness (QED) is 0.832. The van der Waals surface area contributed by atoms with Crippen LogP contribution >= 0.6 is 0 Å². The smallest absolute Gasteiger partial charge is 0.274 e. The lowest BCUT2D eigenvalue weighted by molar-refractivity contribution is 0.0299. The van der Waals surface area contributed by atoms with Crippen molar-refractivity contribution < 1.29 is 9.53 Å². The molecule has 2 fully saturated rings. The Kier molecular flexibility index (Phi) is 4.60. The molecule has 0 N–H and O–H groups in total. The molecule has 8 nitrogen and oxygen atoms in total. The standard InChI is InChI=1S/C17H22N6O2/c24-17(22-6-8-25-9-7-22)14-11-23(13-20-14)16-10-15(18-12-19-16)21-4-2-1-3-5-21/h10-13H,1-9H2. The van der Waals surface area contributed by atoms with Crippen LogP contribution in [0.5, 0.6) is 0 Å². The second-order valence-electron chi connectivity index (χ2n) is 6.35. The van der Waals surface area contributed by atoms with E-state index in [9.17, 15) is 4.79 Å². The number of piperidine rings is 1. The first-order chi connectivity index (χ1) is 12.3. The predicted molar refractivity (Wildman–Crippen MR) is 91.9 cm³/mol. The molecule has 0 atom stereocenters. The normalized spacial score (nSPS) is 18.4. The molecular weight excluding hydrogens is 320 g/mol. The molecule has 0 aliphatic carbocycles. The Morgan fingerprint density at radius 2 is 1.72 bits per heavy atom. The largest absolute Gasteiger partial charge is 0.378 e. The van der Waals surface area contributed by atoms with E-state index >= 15 is 0 Å². The van der Waals surface area contributed by atoms with Gasteiger partial charge in [-0.05, 0) is 19.3 Å². The Morgan fingerprint density at radius 1 is 0.960 bits per heavy atom. The van der Waals surface area contributed by atoms with Crippen LogP contribution in [0.4, 0.5) is 5.82 Å². The summed E-state index contributed by atoms with van der Waals surface area (Å²) in [4.78, 5) is 29.6. The summed E-state index contributed by atoms with van der Waals surface area (Å²) in [6, 6.07) is 1.95. The van der Waals surface area contributed by atoms with Crippen LogP contribution in [0.25, 0.3) is 5.82 Å². The van der Waals surface area contributed by atoms with Gasteiger partial charge in [0.2, 0.25) is 0 Å². The summed E-state index contributed by atoms with van der Waals surface area (Å²) in [5, 5.41) is 0. The number of nitrogens with zero attached hydrogens (tertiary/aromatic N) is 6. The van der Waals surface area contributed by atoms with E-state index in [1.807, 2.05) is 6.07 Å². The van der Waals surface area contributed by atoms with E-state index in [2.05, 4.69) is 19.9 Å². The molecule has 0 radical (unpaired) electrons. The van der Waals surface area contributed by atoms with Crippen molar-refractivity contribution in [1.82, 2.24) is 24.4 Å². The fraction of sp³-hybridized carbons (Fsp3) is 0.529. The number of carbonyl (C=O) groups excluding carboxylic acids is 1. The number of hydrogen-bond acceptors (Lipinski definition) is 6. The van der Waals surface area contributed by atoms with E-state index in [0.29, 0.717) is 32.0 Å². The number of ether oxygens (including phenoxy) is 1. The molecule has 2 saturated heterocycles. The molecule has 4 rings (SSSR count). The number of hydrogen-bond donors (Lipinski definition) is 0. The number of rotatable bonds is 3. The summed E-state index contributed by atoms with van der Waals surface area (Å²) in [6.07, 6.45) is 8.62. The first kappa shape index (κ1) is 16.0. The molecule has 0 aromatic carbocycles. The van der Waals surface area contributed by atoms with Gasteiger partial charge in [0.25, 0.3) is 5.91 Å². The van der Waals surface area contributed by atoms with Crippen LogP contribution < -0.4 is 4.90 Å². The maximum absolute atomic E-state index is 12.5. The van der Waals surface area contributed by atoms with Crippen LogP contribution in [0.3, 0.4) is 0 Å². The second-order valence-corrected chi connectivity index (χ2v) is 6.35. The predicted octanol–water partition coefficient (Wildman–Crippen LogP) is 1.12. The van der Waals surface area contributed by atoms with E-state index in [1.54, 1.807) is 28.3 Å². The third kappa shape index (κ3) is 3.48. The summed E-state index contributed by atoms with van der Waals surface area (Å²) in [7, 11) is 0. The molecule has 8 heteroatoms. The van der Waals surface area contributed by atoms with Crippen LogP contribution in [0, 0.1) is 0 Å². The summed E-state index contributed by atoms with van der Waals surface area (Å²) in [5.74, 6) is 1.59. The highest BCUT2D eigenvalue weighted by atomic mass is 16.5. The minimum atomic E-state index is -0.0626. The van der Waals surface area contributed by atoms with Crippen molar-refractivity contribution in [2.24, 2.45) is 0 Å². The van der Waals surface area contributed by atoms with Gasteiger partial charge in [0.15, 0.2) is 0 Å². The number of imidazole rings is 1. The summed E-state index contributed by atoms with van der Waals surface area (Å²) in [6.45, 7) is 4.44. The summed E-state index contributed by atoms with van der Waals surface area (Å²) < 4.78 is 7.07. The molecule has 2 aromatic rings. The third-order valence-electron chi connectivity index (χ3n) is 4.68. The minimum absolute atomic E-state index is 0.0626. The first-order valence-corrected chi connectivity index (χ1v) is 8.80. The molecule has 0 unspecified atom stereocenters. The zero-order valence-electron chi connectivity index (χ0n) is 14.2. The Morgan fingerprint density at radius 3 is 2.52 bits per heavy atom. The van der Waals surface area contributed by atoms with Crippen molar-refractivity contribution in [2.75, 3.05) is 44.3 Å². The van der Waals surface area contributed by atoms with Crippen molar-refractivity contribution in [3.8, 4) is 5.82 Å². The third-order valence-corrected chi connectivity index (χ3v) is 4.68. The van der Waals surface area contributed by atoms with Gasteiger partial charge in [0, 0.05) is 38.4 Å². The molecule has 0 saturated carbocycles. The Bertz CT molecular complexity index is 734. The maximum Gasteiger partial charge on any atom is 0.274 e. The summed E-state index contributed by atoms with van der Waals surface area (Å²) in [5.41, 5.74) is 0.431. The van der Waals surface area contributed by atoms with Gasteiger partial charge in [-0.25, -0.2) is 15.0 Å². The number of carbonyl (C=O) groups is 1. The van der Waals surface area contributed by atoms with Crippen molar-refractivity contribution in [2.45, 2.75) is 19.3 Å². The van der Waals surface area contributed by atoms with E-state index < -0.39 is 0 Å². The number of amides is 1. The average Bonchev–Trinajstić information content (AvgIpc) is 3.19. The van der Waals surface area contributed by atoms with Gasteiger partial charge in [0.05, 0.1) is 13.2 Å². The van der Waals surface area contributed by atoms with E-state index in [4.69, 9.17) is 4.74 Å². The molecule has 25 heavy (non-hydrogen) atoms. The van der Waals surface area contributed by atoms with Gasteiger partial charge in [-0.2, -0.15) is 0 Å². The lowest BCUT2D eigenvalue weighted by Gasteiger charge is -2.27. The number of aromatic nitrogens is 4. The fourth-order valence-electron chi connectivity index (χ4n) is 3.26. The first-order valence-electron chi connectivity index (χ1n) is 8.80. The van der Waals surface area contributed by atoms with Crippen molar-refractivity contribution in [3.05, 3.63) is 30.6 Å². The average molecular weight is 342 g/mol. The van der Waals surface area contributed by atoms with Crippen LogP contribution in [0.2, 0.25) is 0 Å². The van der Waals surface area contributed by atoms with Gasteiger partial charge < -0.3 is 14.5 Å². The van der Waals surface area contributed by atoms with Crippen LogP contribution in [0.1, 0.15) is 29.8 Å². The van der Waals surface area contributed by atoms with Gasteiger partial charge in [0.1, 0.15) is 30.0 Å². The van der Waals surface area contributed by atoms with Gasteiger partial charge >= 0.3 is 0 Å². The highest BCUT2D eigenvalue weighted by Gasteiger charge is 2.21. The molecule has 0 spiro atoms. The second kappa shape index (κ2) is 7.18. The topological polar surface area (TPSA) is 76.4 Å². The van der Waals surface area contributed by atoms with E-state index in [-0.39, 0.29) is 5.91 Å². The number of morpholine rings is 1. The van der Waals surface area contributed by atoms with E-state index in [0.717, 1.165) is 24.7 Å². The fourth-order valence-corrected chi connectivity index (χ4v) is 3.26. The highest BCUT2D eigenvalue weighted by Crippen LogP contribution is 2.19. The molecule has 132 valence electrons. The zero-order valence-corrected chi connectivity index (χ0v) is 14.2. The Hall–Kier alpha value is -2.48. The van der Waals surface area contributed by atoms with Gasteiger partial charge in [-0.15, -0.1) is 0 Å². The Labute approximate surface area is 146 Å². The highest BCUT2D eigenvalue weighted by molar-refractivity contribution is 5.92. The lowest BCUT2D eigenvalue weighted by atomic mass is 10.1. The van der Waals surface area contributed by atoms with Gasteiger partial charge in [-0.3, -0.25) is 9.36 Å². The number of anilines is 1. The minimum Gasteiger partial charge on any atom is -0.378 e. The maximum atomic E-state index is 12.5. The zero-order chi connectivity index (χ0) is 17.1. The molecule has 2 aromatic heterocycles. The molecule has 4 heterocycles. The van der Waals surface area contributed by atoms with Crippen LogP contribution in [-0.2, 0) is 4.74 Å². The summed E-state index contributed by atoms with van der Waals surface area (Å²) >= 11 is 0. The molecule has 2 aliphatic rings. The van der Waals surface area contributed by atoms with E-state index in [1.165, 1.54) is 19.3 Å². The van der Waals surface area contributed by atoms with Crippen LogP contribution in [0.15, 0.2) is 24.9 Å². The van der Waals surface area contributed by atoms with Crippen molar-refractivity contribution in [3.63, 3.8) is 0 Å². The lowest BCUT2D eigenvalue weighted by Crippen LogP contribution is -2.40. The van der Waals surface area contributed by atoms with Gasteiger partial charge in [-0.1, -0.05) is 0 Å². The molecule has 1 amide bonds. The molecular formula is C17H22N6O2. The Balaban J connectivity index is 1.52. The van der Waals surface area contributed by atoms with Crippen LogP contribution in [-0.4, -0.2) is 69.7 Å². The monoisotopic (exact) mass is 342 g/mol. The van der Waals surface area contributed by atoms with Crippen molar-refractivity contribution >= 4 is 11.7 Å². The SMILES string of the molecule is O=C(c1cn(-c2cc(N3CCCCC3)ncn2)cn1)N1CCOCC1.